The molecule has 0 fully saturated rings. The van der Waals surface area contributed by atoms with Crippen molar-refractivity contribution in [2.24, 2.45) is 10.7 Å². The molecule has 2 aromatic carbocycles. The van der Waals surface area contributed by atoms with Gasteiger partial charge in [-0.1, -0.05) is 24.3 Å². The molecule has 0 aromatic heterocycles. The first-order chi connectivity index (χ1) is 10.2. The highest BCUT2D eigenvalue weighted by atomic mass is 16.5. The molecule has 1 heterocycles. The molecule has 1 atom stereocenters. The normalized spacial score (nSPS) is 17.7. The molecule has 21 heavy (non-hydrogen) atoms. The Bertz CT molecular complexity index is 664. The zero-order chi connectivity index (χ0) is 14.8. The van der Waals surface area contributed by atoms with Crippen molar-refractivity contribution in [3.05, 3.63) is 59.7 Å². The highest BCUT2D eigenvalue weighted by Gasteiger charge is 2.29. The first-order valence-corrected chi connectivity index (χ1v) is 6.99. The number of rotatable bonds is 3. The van der Waals surface area contributed by atoms with Gasteiger partial charge in [0, 0.05) is 5.69 Å². The van der Waals surface area contributed by atoms with E-state index in [-0.39, 0.29) is 6.04 Å². The van der Waals surface area contributed by atoms with Crippen LogP contribution in [0, 0.1) is 6.92 Å². The van der Waals surface area contributed by atoms with Gasteiger partial charge in [0.15, 0.2) is 5.96 Å². The SMILES string of the molecule is COc1ccc(N2C(N)=NCC2c2ccccc2C)cc1. The van der Waals surface area contributed by atoms with Crippen LogP contribution >= 0.6 is 0 Å². The van der Waals surface area contributed by atoms with Gasteiger partial charge in [-0.2, -0.15) is 0 Å². The van der Waals surface area contributed by atoms with E-state index in [9.17, 15) is 0 Å². The maximum absolute atomic E-state index is 6.10. The number of ether oxygens (including phenoxy) is 1. The van der Waals surface area contributed by atoms with Gasteiger partial charge in [-0.25, -0.2) is 0 Å². The second-order valence-corrected chi connectivity index (χ2v) is 5.14. The summed E-state index contributed by atoms with van der Waals surface area (Å²) in [5.41, 5.74) is 9.65. The largest absolute Gasteiger partial charge is 0.497 e. The van der Waals surface area contributed by atoms with Crippen LogP contribution in [0.15, 0.2) is 53.5 Å². The van der Waals surface area contributed by atoms with Crippen molar-refractivity contribution in [1.82, 2.24) is 0 Å². The van der Waals surface area contributed by atoms with E-state index in [0.29, 0.717) is 12.5 Å². The molecule has 1 aliphatic heterocycles. The van der Waals surface area contributed by atoms with Crippen molar-refractivity contribution < 1.29 is 4.74 Å². The summed E-state index contributed by atoms with van der Waals surface area (Å²) in [6, 6.07) is 16.4. The van der Waals surface area contributed by atoms with Crippen molar-refractivity contribution in [2.45, 2.75) is 13.0 Å². The fraction of sp³-hybridized carbons (Fsp3) is 0.235. The Morgan fingerprint density at radius 3 is 2.52 bits per heavy atom. The van der Waals surface area contributed by atoms with Gasteiger partial charge in [-0.15, -0.1) is 0 Å². The summed E-state index contributed by atoms with van der Waals surface area (Å²) in [6.45, 7) is 2.80. The Labute approximate surface area is 124 Å². The minimum absolute atomic E-state index is 0.152. The Hall–Kier alpha value is -2.49. The van der Waals surface area contributed by atoms with Crippen LogP contribution < -0.4 is 15.4 Å². The van der Waals surface area contributed by atoms with E-state index in [4.69, 9.17) is 10.5 Å². The number of guanidine groups is 1. The summed E-state index contributed by atoms with van der Waals surface area (Å²) >= 11 is 0. The third-order valence-corrected chi connectivity index (χ3v) is 3.88. The van der Waals surface area contributed by atoms with Crippen molar-refractivity contribution in [3.63, 3.8) is 0 Å². The molecule has 0 radical (unpaired) electrons. The van der Waals surface area contributed by atoms with E-state index in [1.165, 1.54) is 11.1 Å². The third-order valence-electron chi connectivity index (χ3n) is 3.88. The van der Waals surface area contributed by atoms with Crippen LogP contribution in [0.2, 0.25) is 0 Å². The van der Waals surface area contributed by atoms with Gasteiger partial charge in [0.1, 0.15) is 5.75 Å². The molecule has 3 rings (SSSR count). The van der Waals surface area contributed by atoms with Gasteiger partial charge in [0.25, 0.3) is 0 Å². The van der Waals surface area contributed by atoms with Gasteiger partial charge >= 0.3 is 0 Å². The second kappa shape index (κ2) is 5.48. The Morgan fingerprint density at radius 1 is 1.14 bits per heavy atom. The molecular formula is C17H19N3O. The van der Waals surface area contributed by atoms with Crippen LogP contribution in [-0.4, -0.2) is 19.6 Å². The topological polar surface area (TPSA) is 50.9 Å². The minimum atomic E-state index is 0.152. The predicted octanol–water partition coefficient (Wildman–Crippen LogP) is 2.88. The summed E-state index contributed by atoms with van der Waals surface area (Å²) in [5.74, 6) is 1.40. The van der Waals surface area contributed by atoms with Crippen molar-refractivity contribution >= 4 is 11.6 Å². The molecule has 1 unspecified atom stereocenters. The van der Waals surface area contributed by atoms with Crippen molar-refractivity contribution in [3.8, 4) is 5.75 Å². The van der Waals surface area contributed by atoms with Gasteiger partial charge < -0.3 is 15.4 Å². The Kier molecular flexibility index (Phi) is 3.52. The number of hydrogen-bond donors (Lipinski definition) is 1. The molecule has 0 bridgehead atoms. The number of aliphatic imine (C=N–C) groups is 1. The lowest BCUT2D eigenvalue weighted by Gasteiger charge is -2.27. The highest BCUT2D eigenvalue weighted by molar-refractivity contribution is 5.97. The molecule has 0 aliphatic carbocycles. The molecule has 4 nitrogen and oxygen atoms in total. The first-order valence-electron chi connectivity index (χ1n) is 6.99. The number of aryl methyl sites for hydroxylation is 1. The minimum Gasteiger partial charge on any atom is -0.497 e. The lowest BCUT2D eigenvalue weighted by molar-refractivity contribution is 0.415. The van der Waals surface area contributed by atoms with E-state index in [2.05, 4.69) is 41.1 Å². The third kappa shape index (κ3) is 2.44. The summed E-state index contributed by atoms with van der Waals surface area (Å²) in [6.07, 6.45) is 0. The van der Waals surface area contributed by atoms with Crippen LogP contribution in [0.4, 0.5) is 5.69 Å². The molecule has 108 valence electrons. The maximum Gasteiger partial charge on any atom is 0.196 e. The number of benzene rings is 2. The lowest BCUT2D eigenvalue weighted by Crippen LogP contribution is -2.36. The predicted molar refractivity (Wildman–Crippen MR) is 85.9 cm³/mol. The van der Waals surface area contributed by atoms with Gasteiger partial charge in [0.2, 0.25) is 0 Å². The van der Waals surface area contributed by atoms with Crippen LogP contribution in [0.3, 0.4) is 0 Å². The van der Waals surface area contributed by atoms with Gasteiger partial charge in [0.05, 0.1) is 19.7 Å². The summed E-state index contributed by atoms with van der Waals surface area (Å²) in [7, 11) is 1.66. The molecule has 2 N–H and O–H groups in total. The monoisotopic (exact) mass is 281 g/mol. The van der Waals surface area contributed by atoms with Crippen LogP contribution in [0.5, 0.6) is 5.75 Å². The van der Waals surface area contributed by atoms with Crippen LogP contribution in [0.25, 0.3) is 0 Å². The summed E-state index contributed by atoms with van der Waals surface area (Å²) in [5, 5.41) is 0. The second-order valence-electron chi connectivity index (χ2n) is 5.14. The number of hydrogen-bond acceptors (Lipinski definition) is 4. The highest BCUT2D eigenvalue weighted by Crippen LogP contribution is 2.33. The van der Waals surface area contributed by atoms with Crippen LogP contribution in [0.1, 0.15) is 17.2 Å². The standard InChI is InChI=1S/C17H19N3O/c1-12-5-3-4-6-15(12)16-11-19-17(18)20(16)13-7-9-14(21-2)10-8-13/h3-10,16H,11H2,1-2H3,(H2,18,19). The zero-order valence-electron chi connectivity index (χ0n) is 12.3. The van der Waals surface area contributed by atoms with E-state index in [1.54, 1.807) is 7.11 Å². The van der Waals surface area contributed by atoms with Gasteiger partial charge in [-0.3, -0.25) is 4.99 Å². The molecule has 0 saturated heterocycles. The van der Waals surface area contributed by atoms with E-state index in [0.717, 1.165) is 11.4 Å². The van der Waals surface area contributed by atoms with Crippen LogP contribution in [-0.2, 0) is 0 Å². The fourth-order valence-corrected chi connectivity index (χ4v) is 2.75. The lowest BCUT2D eigenvalue weighted by atomic mass is 10.0. The number of nitrogens with two attached hydrogens (primary N) is 1. The summed E-state index contributed by atoms with van der Waals surface area (Å²) < 4.78 is 5.21. The maximum atomic E-state index is 6.10. The number of nitrogens with zero attached hydrogens (tertiary/aromatic N) is 2. The molecular weight excluding hydrogens is 262 g/mol. The molecule has 0 amide bonds. The fourth-order valence-electron chi connectivity index (χ4n) is 2.75. The Balaban J connectivity index is 1.97. The smallest absolute Gasteiger partial charge is 0.196 e. The van der Waals surface area contributed by atoms with Crippen molar-refractivity contribution in [1.29, 1.82) is 0 Å². The molecule has 0 saturated carbocycles. The summed E-state index contributed by atoms with van der Waals surface area (Å²) in [4.78, 5) is 6.51. The average Bonchev–Trinajstić information content (AvgIpc) is 2.89. The van der Waals surface area contributed by atoms with Crippen molar-refractivity contribution in [2.75, 3.05) is 18.6 Å². The number of methoxy groups -OCH3 is 1. The molecule has 1 aliphatic rings. The van der Waals surface area contributed by atoms with Gasteiger partial charge in [-0.05, 0) is 42.3 Å². The molecule has 2 aromatic rings. The van der Waals surface area contributed by atoms with E-state index < -0.39 is 0 Å². The first kappa shape index (κ1) is 13.5. The molecule has 0 spiro atoms. The average molecular weight is 281 g/mol. The molecule has 4 heteroatoms. The zero-order valence-corrected chi connectivity index (χ0v) is 12.3. The number of anilines is 1. The quantitative estimate of drug-likeness (QED) is 0.941. The van der Waals surface area contributed by atoms with E-state index >= 15 is 0 Å². The van der Waals surface area contributed by atoms with E-state index in [1.807, 2.05) is 24.3 Å². The Morgan fingerprint density at radius 2 is 1.86 bits per heavy atom.